The Labute approximate surface area is 97.6 Å². The van der Waals surface area contributed by atoms with Gasteiger partial charge in [-0.25, -0.2) is 0 Å². The number of nitrogens with zero attached hydrogens (tertiary/aromatic N) is 3. The Morgan fingerprint density at radius 1 is 1.50 bits per heavy atom. The van der Waals surface area contributed by atoms with E-state index in [9.17, 15) is 0 Å². The molecular weight excluding hydrogens is 200 g/mol. The Kier molecular flexibility index (Phi) is 3.96. The molecule has 1 saturated heterocycles. The van der Waals surface area contributed by atoms with E-state index in [4.69, 9.17) is 0 Å². The highest BCUT2D eigenvalue weighted by molar-refractivity contribution is 4.99. The Morgan fingerprint density at radius 2 is 2.38 bits per heavy atom. The first-order valence-electron chi connectivity index (χ1n) is 6.15. The summed E-state index contributed by atoms with van der Waals surface area (Å²) in [7, 11) is 4.24. The molecule has 0 spiro atoms. The van der Waals surface area contributed by atoms with Crippen molar-refractivity contribution in [3.05, 3.63) is 18.0 Å². The lowest BCUT2D eigenvalue weighted by atomic mass is 10.1. The van der Waals surface area contributed by atoms with Gasteiger partial charge in [-0.3, -0.25) is 9.58 Å². The molecule has 2 rings (SSSR count). The molecule has 0 radical (unpaired) electrons. The number of hydrogen-bond donors (Lipinski definition) is 1. The van der Waals surface area contributed by atoms with Gasteiger partial charge >= 0.3 is 0 Å². The molecule has 2 heterocycles. The van der Waals surface area contributed by atoms with Crippen molar-refractivity contribution in [2.24, 2.45) is 7.05 Å². The zero-order valence-electron chi connectivity index (χ0n) is 10.3. The van der Waals surface area contributed by atoms with E-state index in [1.807, 2.05) is 17.9 Å². The fourth-order valence-corrected chi connectivity index (χ4v) is 2.38. The van der Waals surface area contributed by atoms with Gasteiger partial charge in [-0.2, -0.15) is 5.10 Å². The van der Waals surface area contributed by atoms with Crippen LogP contribution in [0.4, 0.5) is 0 Å². The van der Waals surface area contributed by atoms with E-state index in [1.54, 1.807) is 0 Å². The van der Waals surface area contributed by atoms with E-state index in [2.05, 4.69) is 28.4 Å². The minimum atomic E-state index is 0.713. The van der Waals surface area contributed by atoms with Crippen molar-refractivity contribution in [1.82, 2.24) is 20.0 Å². The molecule has 1 aromatic heterocycles. The SMILES string of the molecule is CN(Cc1ccnn1C)C1CCCNCC1. The molecule has 1 aromatic rings. The summed E-state index contributed by atoms with van der Waals surface area (Å²) < 4.78 is 1.96. The summed E-state index contributed by atoms with van der Waals surface area (Å²) in [6.07, 6.45) is 5.73. The maximum absolute atomic E-state index is 4.21. The van der Waals surface area contributed by atoms with Crippen molar-refractivity contribution >= 4 is 0 Å². The second-order valence-corrected chi connectivity index (χ2v) is 4.70. The summed E-state index contributed by atoms with van der Waals surface area (Å²) in [5.41, 5.74) is 1.29. The van der Waals surface area contributed by atoms with Gasteiger partial charge in [-0.15, -0.1) is 0 Å². The third kappa shape index (κ3) is 2.83. The summed E-state index contributed by atoms with van der Waals surface area (Å²) in [4.78, 5) is 2.46. The van der Waals surface area contributed by atoms with E-state index >= 15 is 0 Å². The largest absolute Gasteiger partial charge is 0.317 e. The van der Waals surface area contributed by atoms with Crippen LogP contribution in [-0.4, -0.2) is 40.9 Å². The highest BCUT2D eigenvalue weighted by Crippen LogP contribution is 2.14. The zero-order chi connectivity index (χ0) is 11.4. The third-order valence-electron chi connectivity index (χ3n) is 3.50. The Balaban J connectivity index is 1.91. The van der Waals surface area contributed by atoms with Gasteiger partial charge in [0.2, 0.25) is 0 Å². The molecular formula is C12H22N4. The predicted molar refractivity (Wildman–Crippen MR) is 65.2 cm³/mol. The molecule has 1 atom stereocenters. The number of hydrogen-bond acceptors (Lipinski definition) is 3. The Morgan fingerprint density at radius 3 is 3.12 bits per heavy atom. The van der Waals surface area contributed by atoms with Crippen LogP contribution in [0.25, 0.3) is 0 Å². The topological polar surface area (TPSA) is 33.1 Å². The average molecular weight is 222 g/mol. The molecule has 4 nitrogen and oxygen atoms in total. The van der Waals surface area contributed by atoms with Crippen molar-refractivity contribution in [3.63, 3.8) is 0 Å². The Bertz CT molecular complexity index is 313. The normalized spacial score (nSPS) is 22.3. The van der Waals surface area contributed by atoms with E-state index < -0.39 is 0 Å². The summed E-state index contributed by atoms with van der Waals surface area (Å²) in [5, 5.41) is 7.67. The second kappa shape index (κ2) is 5.46. The van der Waals surface area contributed by atoms with Gasteiger partial charge in [0.1, 0.15) is 0 Å². The second-order valence-electron chi connectivity index (χ2n) is 4.70. The van der Waals surface area contributed by atoms with Crippen LogP contribution in [0.2, 0.25) is 0 Å². The summed E-state index contributed by atoms with van der Waals surface area (Å²) >= 11 is 0. The van der Waals surface area contributed by atoms with E-state index in [1.165, 1.54) is 31.5 Å². The molecule has 1 aliphatic rings. The molecule has 0 saturated carbocycles. The van der Waals surface area contributed by atoms with Crippen LogP contribution in [0.5, 0.6) is 0 Å². The smallest absolute Gasteiger partial charge is 0.0521 e. The molecule has 0 bridgehead atoms. The van der Waals surface area contributed by atoms with Gasteiger partial charge in [0, 0.05) is 25.8 Å². The fraction of sp³-hybridized carbons (Fsp3) is 0.750. The average Bonchev–Trinajstić information content (AvgIpc) is 2.57. The molecule has 1 fully saturated rings. The van der Waals surface area contributed by atoms with Crippen molar-refractivity contribution < 1.29 is 0 Å². The molecule has 1 N–H and O–H groups in total. The van der Waals surface area contributed by atoms with Crippen LogP contribution in [0.1, 0.15) is 25.0 Å². The minimum absolute atomic E-state index is 0.713. The highest BCUT2D eigenvalue weighted by Gasteiger charge is 2.17. The van der Waals surface area contributed by atoms with Crippen LogP contribution in [0.3, 0.4) is 0 Å². The van der Waals surface area contributed by atoms with Gasteiger partial charge in [0.15, 0.2) is 0 Å². The van der Waals surface area contributed by atoms with Crippen LogP contribution in [0, 0.1) is 0 Å². The zero-order valence-corrected chi connectivity index (χ0v) is 10.3. The van der Waals surface area contributed by atoms with Crippen LogP contribution in [0.15, 0.2) is 12.3 Å². The lowest BCUT2D eigenvalue weighted by Crippen LogP contribution is -2.32. The molecule has 1 aliphatic heterocycles. The van der Waals surface area contributed by atoms with Crippen molar-refractivity contribution in [2.45, 2.75) is 31.8 Å². The maximum Gasteiger partial charge on any atom is 0.0521 e. The molecule has 0 amide bonds. The quantitative estimate of drug-likeness (QED) is 0.828. The molecule has 0 aliphatic carbocycles. The van der Waals surface area contributed by atoms with Gasteiger partial charge in [-0.05, 0) is 45.5 Å². The van der Waals surface area contributed by atoms with Gasteiger partial charge < -0.3 is 5.32 Å². The van der Waals surface area contributed by atoms with Crippen molar-refractivity contribution in [3.8, 4) is 0 Å². The first-order chi connectivity index (χ1) is 7.77. The monoisotopic (exact) mass is 222 g/mol. The van der Waals surface area contributed by atoms with Crippen LogP contribution in [-0.2, 0) is 13.6 Å². The minimum Gasteiger partial charge on any atom is -0.317 e. The van der Waals surface area contributed by atoms with Crippen LogP contribution >= 0.6 is 0 Å². The summed E-state index contributed by atoms with van der Waals surface area (Å²) in [6.45, 7) is 3.33. The van der Waals surface area contributed by atoms with Gasteiger partial charge in [0.25, 0.3) is 0 Å². The molecule has 90 valence electrons. The Hall–Kier alpha value is -0.870. The summed E-state index contributed by atoms with van der Waals surface area (Å²) in [6, 6.07) is 2.82. The number of rotatable bonds is 3. The predicted octanol–water partition coefficient (Wildman–Crippen LogP) is 0.994. The summed E-state index contributed by atoms with van der Waals surface area (Å²) in [5.74, 6) is 0. The first-order valence-corrected chi connectivity index (χ1v) is 6.15. The molecule has 0 aromatic carbocycles. The van der Waals surface area contributed by atoms with Crippen molar-refractivity contribution in [1.29, 1.82) is 0 Å². The van der Waals surface area contributed by atoms with Gasteiger partial charge in [0.05, 0.1) is 5.69 Å². The molecule has 1 unspecified atom stereocenters. The molecule has 4 heteroatoms. The maximum atomic E-state index is 4.21. The van der Waals surface area contributed by atoms with E-state index in [0.29, 0.717) is 6.04 Å². The van der Waals surface area contributed by atoms with E-state index in [0.717, 1.165) is 13.1 Å². The lowest BCUT2D eigenvalue weighted by Gasteiger charge is -2.26. The fourth-order valence-electron chi connectivity index (χ4n) is 2.38. The lowest BCUT2D eigenvalue weighted by molar-refractivity contribution is 0.211. The number of nitrogens with one attached hydrogen (secondary N) is 1. The number of aromatic nitrogens is 2. The first kappa shape index (κ1) is 11.6. The van der Waals surface area contributed by atoms with E-state index in [-0.39, 0.29) is 0 Å². The van der Waals surface area contributed by atoms with Gasteiger partial charge in [-0.1, -0.05) is 0 Å². The van der Waals surface area contributed by atoms with Crippen LogP contribution < -0.4 is 5.32 Å². The standard InChI is InChI=1S/C12H22N4/c1-15(10-12-6-9-14-16(12)2)11-4-3-7-13-8-5-11/h6,9,11,13H,3-5,7-8,10H2,1-2H3. The third-order valence-corrected chi connectivity index (χ3v) is 3.50. The molecule has 16 heavy (non-hydrogen) atoms. The highest BCUT2D eigenvalue weighted by atomic mass is 15.3. The number of aryl methyl sites for hydroxylation is 1. The van der Waals surface area contributed by atoms with Crippen molar-refractivity contribution in [2.75, 3.05) is 20.1 Å².